The van der Waals surface area contributed by atoms with Crippen molar-refractivity contribution in [3.05, 3.63) is 50.9 Å². The first kappa shape index (κ1) is 17.9. The molecule has 1 aromatic carbocycles. The van der Waals surface area contributed by atoms with Crippen molar-refractivity contribution in [1.82, 2.24) is 18.7 Å². The molecule has 0 bridgehead atoms. The molecule has 3 rings (SSSR count). The van der Waals surface area contributed by atoms with E-state index in [0.717, 1.165) is 16.3 Å². The van der Waals surface area contributed by atoms with Gasteiger partial charge in [0, 0.05) is 26.8 Å². The van der Waals surface area contributed by atoms with Gasteiger partial charge in [0.05, 0.1) is 5.75 Å². The summed E-state index contributed by atoms with van der Waals surface area (Å²) in [4.78, 5) is 40.6. The fourth-order valence-electron chi connectivity index (χ4n) is 2.55. The average molecular weight is 377 g/mol. The van der Waals surface area contributed by atoms with Crippen LogP contribution in [-0.4, -0.2) is 30.3 Å². The number of benzene rings is 1. The van der Waals surface area contributed by atoms with Crippen LogP contribution in [0.15, 0.2) is 39.0 Å². The number of hydrogen-bond donors (Lipinski definition) is 1. The highest BCUT2D eigenvalue weighted by Crippen LogP contribution is 2.20. The number of aryl methyl sites for hydroxylation is 2. The van der Waals surface area contributed by atoms with Gasteiger partial charge in [-0.3, -0.25) is 18.7 Å². The Kier molecular flexibility index (Phi) is 4.68. The zero-order chi connectivity index (χ0) is 19.0. The molecule has 0 aliphatic heterocycles. The predicted octanol–water partition coefficient (Wildman–Crippen LogP) is 0.841. The molecule has 26 heavy (non-hydrogen) atoms. The van der Waals surface area contributed by atoms with E-state index in [2.05, 4.69) is 10.3 Å². The van der Waals surface area contributed by atoms with Crippen LogP contribution < -0.4 is 16.6 Å². The molecule has 2 aromatic heterocycles. The Bertz CT molecular complexity index is 1110. The molecule has 1 N–H and O–H groups in total. The Morgan fingerprint density at radius 1 is 1.12 bits per heavy atom. The monoisotopic (exact) mass is 377 g/mol. The standard InChI is InChI=1S/C16H16FN5O3S/c1-20-13-12(14(24)22(3)16(25)21(13)2)19-15(20)26-8-11(23)18-10-6-4-9(17)5-7-10/h4-7H,8H2,1-3H3,(H,18,23). The Morgan fingerprint density at radius 2 is 1.77 bits per heavy atom. The number of aromatic nitrogens is 4. The molecule has 0 fully saturated rings. The van der Waals surface area contributed by atoms with E-state index in [-0.39, 0.29) is 23.0 Å². The number of carbonyl (C=O) groups excluding carboxylic acids is 1. The van der Waals surface area contributed by atoms with Gasteiger partial charge in [0.25, 0.3) is 5.56 Å². The van der Waals surface area contributed by atoms with E-state index in [9.17, 15) is 18.8 Å². The topological polar surface area (TPSA) is 90.9 Å². The molecule has 1 amide bonds. The molecule has 0 radical (unpaired) electrons. The van der Waals surface area contributed by atoms with E-state index in [1.54, 1.807) is 18.7 Å². The molecule has 0 spiro atoms. The summed E-state index contributed by atoms with van der Waals surface area (Å²) in [6, 6.07) is 5.44. The van der Waals surface area contributed by atoms with Crippen molar-refractivity contribution in [3.63, 3.8) is 0 Å². The third-order valence-electron chi connectivity index (χ3n) is 3.88. The normalized spacial score (nSPS) is 11.1. The maximum Gasteiger partial charge on any atom is 0.332 e. The first-order chi connectivity index (χ1) is 12.3. The van der Waals surface area contributed by atoms with Crippen LogP contribution in [0.2, 0.25) is 0 Å². The Balaban J connectivity index is 1.82. The molecule has 0 saturated carbocycles. The summed E-state index contributed by atoms with van der Waals surface area (Å²) >= 11 is 1.13. The molecule has 3 aromatic rings. The molecule has 0 saturated heterocycles. The number of nitrogens with zero attached hydrogens (tertiary/aromatic N) is 4. The lowest BCUT2D eigenvalue weighted by Gasteiger charge is -2.06. The summed E-state index contributed by atoms with van der Waals surface area (Å²) < 4.78 is 16.8. The fraction of sp³-hybridized carbons (Fsp3) is 0.250. The Morgan fingerprint density at radius 3 is 2.42 bits per heavy atom. The van der Waals surface area contributed by atoms with E-state index < -0.39 is 11.2 Å². The van der Waals surface area contributed by atoms with Crippen molar-refractivity contribution in [3.8, 4) is 0 Å². The third-order valence-corrected chi connectivity index (χ3v) is 4.91. The van der Waals surface area contributed by atoms with Crippen molar-refractivity contribution < 1.29 is 9.18 Å². The molecule has 0 atom stereocenters. The van der Waals surface area contributed by atoms with Crippen molar-refractivity contribution in [2.24, 2.45) is 21.1 Å². The molecule has 0 aliphatic carbocycles. The van der Waals surface area contributed by atoms with Gasteiger partial charge in [-0.1, -0.05) is 11.8 Å². The third kappa shape index (κ3) is 3.15. The number of nitrogens with one attached hydrogen (secondary N) is 1. The van der Waals surface area contributed by atoms with Crippen LogP contribution in [0.3, 0.4) is 0 Å². The quantitative estimate of drug-likeness (QED) is 0.681. The van der Waals surface area contributed by atoms with Crippen LogP contribution in [0.1, 0.15) is 0 Å². The lowest BCUT2D eigenvalue weighted by molar-refractivity contribution is -0.113. The number of imidazole rings is 1. The minimum atomic E-state index is -0.485. The van der Waals surface area contributed by atoms with E-state index in [1.807, 2.05) is 0 Å². The number of thioether (sulfide) groups is 1. The van der Waals surface area contributed by atoms with Crippen molar-refractivity contribution >= 4 is 34.5 Å². The van der Waals surface area contributed by atoms with Gasteiger partial charge in [-0.15, -0.1) is 0 Å². The van der Waals surface area contributed by atoms with Gasteiger partial charge < -0.3 is 9.88 Å². The summed E-state index contributed by atoms with van der Waals surface area (Å²) in [5.41, 5.74) is 0.105. The summed E-state index contributed by atoms with van der Waals surface area (Å²) in [6.07, 6.45) is 0. The molecule has 10 heteroatoms. The minimum absolute atomic E-state index is 0.0444. The zero-order valence-electron chi connectivity index (χ0n) is 14.3. The number of rotatable bonds is 4. The summed E-state index contributed by atoms with van der Waals surface area (Å²) in [5, 5.41) is 3.09. The molecular weight excluding hydrogens is 361 g/mol. The van der Waals surface area contributed by atoms with Gasteiger partial charge >= 0.3 is 5.69 Å². The van der Waals surface area contributed by atoms with E-state index in [4.69, 9.17) is 0 Å². The van der Waals surface area contributed by atoms with Crippen LogP contribution in [0, 0.1) is 5.82 Å². The van der Waals surface area contributed by atoms with Gasteiger partial charge in [0.1, 0.15) is 5.82 Å². The summed E-state index contributed by atoms with van der Waals surface area (Å²) in [6.45, 7) is 0. The van der Waals surface area contributed by atoms with Crippen molar-refractivity contribution in [2.75, 3.05) is 11.1 Å². The molecule has 0 unspecified atom stereocenters. The highest BCUT2D eigenvalue weighted by molar-refractivity contribution is 7.99. The van der Waals surface area contributed by atoms with Crippen LogP contribution >= 0.6 is 11.8 Å². The number of amides is 1. The second-order valence-electron chi connectivity index (χ2n) is 5.68. The van der Waals surface area contributed by atoms with Crippen LogP contribution in [0.25, 0.3) is 11.2 Å². The predicted molar refractivity (Wildman–Crippen MR) is 96.9 cm³/mol. The first-order valence-electron chi connectivity index (χ1n) is 7.60. The van der Waals surface area contributed by atoms with E-state index in [0.29, 0.717) is 16.5 Å². The summed E-state index contributed by atoms with van der Waals surface area (Å²) in [5.74, 6) is -0.636. The van der Waals surface area contributed by atoms with E-state index >= 15 is 0 Å². The number of anilines is 1. The van der Waals surface area contributed by atoms with Crippen molar-refractivity contribution in [1.29, 1.82) is 0 Å². The zero-order valence-corrected chi connectivity index (χ0v) is 15.1. The maximum atomic E-state index is 12.9. The molecule has 8 nitrogen and oxygen atoms in total. The van der Waals surface area contributed by atoms with Gasteiger partial charge in [0.15, 0.2) is 16.3 Å². The van der Waals surface area contributed by atoms with Crippen LogP contribution in [-0.2, 0) is 25.9 Å². The maximum absolute atomic E-state index is 12.9. The van der Waals surface area contributed by atoms with Gasteiger partial charge in [-0.05, 0) is 24.3 Å². The second-order valence-corrected chi connectivity index (χ2v) is 6.62. The Hall–Kier alpha value is -2.88. The first-order valence-corrected chi connectivity index (χ1v) is 8.59. The molecule has 0 aliphatic rings. The number of carbonyl (C=O) groups is 1. The highest BCUT2D eigenvalue weighted by atomic mass is 32.2. The van der Waals surface area contributed by atoms with Crippen LogP contribution in [0.5, 0.6) is 0 Å². The minimum Gasteiger partial charge on any atom is -0.325 e. The lowest BCUT2D eigenvalue weighted by atomic mass is 10.3. The number of halogens is 1. The van der Waals surface area contributed by atoms with Gasteiger partial charge in [-0.25, -0.2) is 14.2 Å². The number of hydrogen-bond acceptors (Lipinski definition) is 5. The van der Waals surface area contributed by atoms with E-state index in [1.165, 1.54) is 35.9 Å². The van der Waals surface area contributed by atoms with Gasteiger partial charge in [0.2, 0.25) is 5.91 Å². The molecular formula is C16H16FN5O3S. The SMILES string of the molecule is Cn1c(=O)c2nc(SCC(=O)Nc3ccc(F)cc3)n(C)c2n(C)c1=O. The largest absolute Gasteiger partial charge is 0.332 e. The molecule has 136 valence electrons. The average Bonchev–Trinajstić information content (AvgIpc) is 2.95. The lowest BCUT2D eigenvalue weighted by Crippen LogP contribution is -2.37. The Labute approximate surface area is 151 Å². The number of fused-ring (bicyclic) bond motifs is 1. The van der Waals surface area contributed by atoms with Gasteiger partial charge in [-0.2, -0.15) is 0 Å². The fourth-order valence-corrected chi connectivity index (χ4v) is 3.32. The summed E-state index contributed by atoms with van der Waals surface area (Å²) in [7, 11) is 4.62. The smallest absolute Gasteiger partial charge is 0.325 e. The van der Waals surface area contributed by atoms with Crippen molar-refractivity contribution in [2.45, 2.75) is 5.16 Å². The highest BCUT2D eigenvalue weighted by Gasteiger charge is 2.17. The molecule has 2 heterocycles. The van der Waals surface area contributed by atoms with Crippen LogP contribution in [0.4, 0.5) is 10.1 Å². The second kappa shape index (κ2) is 6.79.